The number of benzene rings is 3. The van der Waals surface area contributed by atoms with Crippen molar-refractivity contribution in [3.05, 3.63) is 94.0 Å². The van der Waals surface area contributed by atoms with Gasteiger partial charge in [-0.15, -0.1) is 0 Å². The van der Waals surface area contributed by atoms with E-state index in [1.54, 1.807) is 66.7 Å². The van der Waals surface area contributed by atoms with Crippen molar-refractivity contribution in [2.45, 2.75) is 13.3 Å². The highest BCUT2D eigenvalue weighted by Gasteiger charge is 2.09. The lowest BCUT2D eigenvalue weighted by Crippen LogP contribution is -2.34. The van der Waals surface area contributed by atoms with Gasteiger partial charge < -0.3 is 14.8 Å². The molecular weight excluding hydrogens is 514 g/mol. The Kier molecular flexibility index (Phi) is 9.56. The van der Waals surface area contributed by atoms with E-state index in [4.69, 9.17) is 9.47 Å². The number of ether oxygens (including phenoxy) is 2. The van der Waals surface area contributed by atoms with Crippen LogP contribution in [0.2, 0.25) is 0 Å². The molecule has 3 aromatic carbocycles. The zero-order chi connectivity index (χ0) is 25.0. The first-order chi connectivity index (χ1) is 16.9. The van der Waals surface area contributed by atoms with Crippen LogP contribution in [0, 0.1) is 0 Å². The summed E-state index contributed by atoms with van der Waals surface area (Å²) in [5.41, 5.74) is 3.88. The van der Waals surface area contributed by atoms with Gasteiger partial charge in [-0.3, -0.25) is 9.59 Å². The molecule has 0 heterocycles. The molecule has 180 valence electrons. The smallest absolute Gasteiger partial charge is 0.343 e. The Morgan fingerprint density at radius 2 is 1.66 bits per heavy atom. The quantitative estimate of drug-likeness (QED) is 0.173. The number of carbonyl (C=O) groups excluding carboxylic acids is 3. The predicted molar refractivity (Wildman–Crippen MR) is 136 cm³/mol. The first-order valence-corrected chi connectivity index (χ1v) is 11.6. The van der Waals surface area contributed by atoms with Crippen LogP contribution in [0.15, 0.2) is 82.4 Å². The van der Waals surface area contributed by atoms with Crippen LogP contribution in [0.1, 0.15) is 39.6 Å². The number of hydrogen-bond donors (Lipinski definition) is 2. The molecule has 0 saturated carbocycles. The summed E-state index contributed by atoms with van der Waals surface area (Å²) in [6.07, 6.45) is 2.34. The van der Waals surface area contributed by atoms with Crippen LogP contribution in [0.3, 0.4) is 0 Å². The van der Waals surface area contributed by atoms with Gasteiger partial charge in [0.05, 0.1) is 24.9 Å². The molecule has 0 radical (unpaired) electrons. The van der Waals surface area contributed by atoms with Gasteiger partial charge in [0.25, 0.3) is 11.8 Å². The van der Waals surface area contributed by atoms with Crippen molar-refractivity contribution in [2.75, 3.05) is 13.2 Å². The minimum atomic E-state index is -0.475. The van der Waals surface area contributed by atoms with E-state index in [2.05, 4.69) is 31.8 Å². The third-order valence-electron chi connectivity index (χ3n) is 4.55. The summed E-state index contributed by atoms with van der Waals surface area (Å²) in [7, 11) is 0. The largest absolute Gasteiger partial charge is 0.494 e. The lowest BCUT2D eigenvalue weighted by Gasteiger charge is -2.07. The Bertz CT molecular complexity index is 1190. The molecule has 2 amide bonds. The van der Waals surface area contributed by atoms with Gasteiger partial charge in [-0.05, 0) is 78.7 Å². The van der Waals surface area contributed by atoms with Crippen LogP contribution in [-0.4, -0.2) is 37.1 Å². The van der Waals surface area contributed by atoms with Crippen molar-refractivity contribution in [3.8, 4) is 11.5 Å². The molecule has 0 bridgehead atoms. The second-order valence-corrected chi connectivity index (χ2v) is 8.23. The lowest BCUT2D eigenvalue weighted by atomic mass is 10.2. The maximum Gasteiger partial charge on any atom is 0.343 e. The van der Waals surface area contributed by atoms with E-state index in [-0.39, 0.29) is 12.5 Å². The average Bonchev–Trinajstić information content (AvgIpc) is 2.87. The summed E-state index contributed by atoms with van der Waals surface area (Å²) in [5, 5.41) is 6.41. The van der Waals surface area contributed by atoms with E-state index in [0.717, 1.165) is 10.9 Å². The molecule has 3 rings (SSSR count). The van der Waals surface area contributed by atoms with E-state index < -0.39 is 11.9 Å². The molecule has 2 N–H and O–H groups in total. The molecule has 35 heavy (non-hydrogen) atoms. The molecule has 3 aromatic rings. The number of nitrogens with one attached hydrogen (secondary N) is 2. The molecule has 0 unspecified atom stereocenters. The molecule has 9 heteroatoms. The van der Waals surface area contributed by atoms with Crippen molar-refractivity contribution >= 4 is 39.9 Å². The Morgan fingerprint density at radius 3 is 2.34 bits per heavy atom. The van der Waals surface area contributed by atoms with Gasteiger partial charge >= 0.3 is 5.97 Å². The molecule has 0 fully saturated rings. The highest BCUT2D eigenvalue weighted by atomic mass is 79.9. The second kappa shape index (κ2) is 13.0. The Balaban J connectivity index is 1.42. The Labute approximate surface area is 211 Å². The number of rotatable bonds is 10. The lowest BCUT2D eigenvalue weighted by molar-refractivity contribution is -0.120. The standard InChI is InChI=1S/C26H24BrN3O5/c1-2-14-34-22-12-8-19(9-13-22)25(32)28-17-24(31)30-29-16-18-6-10-23(11-7-18)35-26(33)20-4-3-5-21(27)15-20/h3-13,15-16H,2,14,17H2,1H3,(H,28,32)(H,30,31)/b29-16-. The van der Waals surface area contributed by atoms with E-state index in [9.17, 15) is 14.4 Å². The molecule has 0 atom stereocenters. The molecule has 0 saturated heterocycles. The van der Waals surface area contributed by atoms with Gasteiger partial charge in [0, 0.05) is 10.0 Å². The molecule has 0 spiro atoms. The minimum Gasteiger partial charge on any atom is -0.494 e. The normalized spacial score (nSPS) is 10.6. The number of hydrazone groups is 1. The van der Waals surface area contributed by atoms with Crippen LogP contribution < -0.4 is 20.2 Å². The van der Waals surface area contributed by atoms with E-state index >= 15 is 0 Å². The van der Waals surface area contributed by atoms with Gasteiger partial charge in [-0.2, -0.15) is 5.10 Å². The average molecular weight is 538 g/mol. The highest BCUT2D eigenvalue weighted by Crippen LogP contribution is 2.16. The third-order valence-corrected chi connectivity index (χ3v) is 5.05. The van der Waals surface area contributed by atoms with Crippen LogP contribution in [0.5, 0.6) is 11.5 Å². The summed E-state index contributed by atoms with van der Waals surface area (Å²) >= 11 is 3.32. The van der Waals surface area contributed by atoms with Gasteiger partial charge in [0.15, 0.2) is 0 Å². The number of amides is 2. The van der Waals surface area contributed by atoms with Gasteiger partial charge in [-0.1, -0.05) is 28.9 Å². The van der Waals surface area contributed by atoms with Crippen molar-refractivity contribution in [2.24, 2.45) is 5.10 Å². The maximum absolute atomic E-state index is 12.2. The third kappa shape index (κ3) is 8.38. The number of carbonyl (C=O) groups is 3. The topological polar surface area (TPSA) is 106 Å². The van der Waals surface area contributed by atoms with Crippen LogP contribution in [0.25, 0.3) is 0 Å². The van der Waals surface area contributed by atoms with Gasteiger partial charge in [0.1, 0.15) is 11.5 Å². The molecule has 0 aliphatic rings. The van der Waals surface area contributed by atoms with Gasteiger partial charge in [-0.25, -0.2) is 10.2 Å². The highest BCUT2D eigenvalue weighted by molar-refractivity contribution is 9.10. The summed E-state index contributed by atoms with van der Waals surface area (Å²) in [5.74, 6) is -0.256. The fourth-order valence-electron chi connectivity index (χ4n) is 2.81. The fourth-order valence-corrected chi connectivity index (χ4v) is 3.21. The summed E-state index contributed by atoms with van der Waals surface area (Å²) in [4.78, 5) is 36.3. The summed E-state index contributed by atoms with van der Waals surface area (Å²) in [6, 6.07) is 20.2. The van der Waals surface area contributed by atoms with Gasteiger partial charge in [0.2, 0.25) is 0 Å². The minimum absolute atomic E-state index is 0.227. The van der Waals surface area contributed by atoms with Crippen molar-refractivity contribution in [1.29, 1.82) is 0 Å². The fraction of sp³-hybridized carbons (Fsp3) is 0.154. The SMILES string of the molecule is CCCOc1ccc(C(=O)NCC(=O)N/N=C\c2ccc(OC(=O)c3cccc(Br)c3)cc2)cc1. The summed E-state index contributed by atoms with van der Waals surface area (Å²) in [6.45, 7) is 2.39. The van der Waals surface area contributed by atoms with E-state index in [0.29, 0.717) is 34.8 Å². The maximum atomic E-state index is 12.2. The predicted octanol–water partition coefficient (Wildman–Crippen LogP) is 4.34. The Morgan fingerprint density at radius 1 is 0.943 bits per heavy atom. The van der Waals surface area contributed by atoms with Crippen LogP contribution >= 0.6 is 15.9 Å². The number of halogens is 1. The number of hydrogen-bond acceptors (Lipinski definition) is 6. The van der Waals surface area contributed by atoms with Crippen molar-refractivity contribution < 1.29 is 23.9 Å². The van der Waals surface area contributed by atoms with E-state index in [1.165, 1.54) is 6.21 Å². The zero-order valence-electron chi connectivity index (χ0n) is 19.0. The molecule has 0 aliphatic carbocycles. The first-order valence-electron chi connectivity index (χ1n) is 10.9. The number of nitrogens with zero attached hydrogens (tertiary/aromatic N) is 1. The molecular formula is C26H24BrN3O5. The molecule has 8 nitrogen and oxygen atoms in total. The van der Waals surface area contributed by atoms with Crippen LogP contribution in [0.4, 0.5) is 0 Å². The van der Waals surface area contributed by atoms with Crippen LogP contribution in [-0.2, 0) is 4.79 Å². The van der Waals surface area contributed by atoms with Crippen molar-refractivity contribution in [3.63, 3.8) is 0 Å². The zero-order valence-corrected chi connectivity index (χ0v) is 20.6. The molecule has 0 aromatic heterocycles. The number of esters is 1. The van der Waals surface area contributed by atoms with Crippen molar-refractivity contribution in [1.82, 2.24) is 10.7 Å². The molecule has 0 aliphatic heterocycles. The monoisotopic (exact) mass is 537 g/mol. The second-order valence-electron chi connectivity index (χ2n) is 7.32. The van der Waals surface area contributed by atoms with E-state index in [1.807, 2.05) is 13.0 Å². The summed E-state index contributed by atoms with van der Waals surface area (Å²) < 4.78 is 11.6. The first kappa shape index (κ1) is 25.6. The Hall–Kier alpha value is -3.98.